The fourth-order valence-corrected chi connectivity index (χ4v) is 2.50. The molecule has 0 spiro atoms. The Morgan fingerprint density at radius 2 is 1.78 bits per heavy atom. The predicted molar refractivity (Wildman–Crippen MR) is 84.6 cm³/mol. The Kier molecular flexibility index (Phi) is 4.32. The van der Waals surface area contributed by atoms with Gasteiger partial charge in [0.05, 0.1) is 11.3 Å². The number of carbonyl (C=O) groups excluding carboxylic acids is 1. The van der Waals surface area contributed by atoms with Crippen LogP contribution in [0.5, 0.6) is 0 Å². The molecule has 1 amide bonds. The highest BCUT2D eigenvalue weighted by molar-refractivity contribution is 5.79. The van der Waals surface area contributed by atoms with E-state index in [1.807, 2.05) is 17.0 Å². The molecule has 1 fully saturated rings. The van der Waals surface area contributed by atoms with E-state index >= 15 is 0 Å². The van der Waals surface area contributed by atoms with Crippen molar-refractivity contribution in [3.63, 3.8) is 0 Å². The summed E-state index contributed by atoms with van der Waals surface area (Å²) in [5.41, 5.74) is 1.89. The van der Waals surface area contributed by atoms with E-state index < -0.39 is 4.92 Å². The highest BCUT2D eigenvalue weighted by Crippen LogP contribution is 2.29. The van der Waals surface area contributed by atoms with E-state index in [2.05, 4.69) is 4.98 Å². The fourth-order valence-electron chi connectivity index (χ4n) is 2.50. The van der Waals surface area contributed by atoms with E-state index in [1.54, 1.807) is 24.5 Å². The molecular formula is C17H17N3O3. The average molecular weight is 311 g/mol. The second-order valence-corrected chi connectivity index (χ2v) is 5.71. The van der Waals surface area contributed by atoms with Crippen molar-refractivity contribution in [3.8, 4) is 0 Å². The quantitative estimate of drug-likeness (QED) is 0.607. The van der Waals surface area contributed by atoms with Crippen LogP contribution in [0.2, 0.25) is 0 Å². The summed E-state index contributed by atoms with van der Waals surface area (Å²) in [5.74, 6) is 0.0539. The molecule has 1 heterocycles. The third-order valence-corrected chi connectivity index (χ3v) is 3.91. The molecule has 0 atom stereocenters. The number of non-ortho nitro benzene ring substituents is 1. The molecule has 1 aliphatic carbocycles. The first kappa shape index (κ1) is 15.1. The normalized spacial score (nSPS) is 13.6. The van der Waals surface area contributed by atoms with Crippen LogP contribution in [0.3, 0.4) is 0 Å². The average Bonchev–Trinajstić information content (AvgIpc) is 3.39. The smallest absolute Gasteiger partial charge is 0.269 e. The molecule has 6 heteroatoms. The number of nitro benzene ring substituents is 1. The molecule has 0 radical (unpaired) electrons. The molecule has 1 aromatic carbocycles. The van der Waals surface area contributed by atoms with E-state index in [4.69, 9.17) is 0 Å². The Labute approximate surface area is 133 Å². The van der Waals surface area contributed by atoms with Crippen LogP contribution in [0, 0.1) is 10.1 Å². The predicted octanol–water partition coefficient (Wildman–Crippen LogP) is 2.72. The number of rotatable bonds is 6. The molecule has 0 N–H and O–H groups in total. The monoisotopic (exact) mass is 311 g/mol. The third-order valence-electron chi connectivity index (χ3n) is 3.91. The van der Waals surface area contributed by atoms with Crippen LogP contribution in [-0.2, 0) is 17.8 Å². The maximum Gasteiger partial charge on any atom is 0.269 e. The van der Waals surface area contributed by atoms with Gasteiger partial charge in [-0.15, -0.1) is 0 Å². The van der Waals surface area contributed by atoms with E-state index in [0.29, 0.717) is 12.6 Å². The summed E-state index contributed by atoms with van der Waals surface area (Å²) >= 11 is 0. The number of hydrogen-bond donors (Lipinski definition) is 0. The lowest BCUT2D eigenvalue weighted by atomic mass is 10.1. The molecule has 0 aliphatic heterocycles. The summed E-state index contributed by atoms with van der Waals surface area (Å²) in [6.07, 6.45) is 5.79. The Balaban J connectivity index is 1.68. The number of nitrogens with zero attached hydrogens (tertiary/aromatic N) is 3. The topological polar surface area (TPSA) is 76.3 Å². The minimum atomic E-state index is -0.439. The molecule has 2 aromatic rings. The lowest BCUT2D eigenvalue weighted by Crippen LogP contribution is -2.33. The van der Waals surface area contributed by atoms with Crippen LogP contribution < -0.4 is 0 Å². The Bertz CT molecular complexity index is 697. The van der Waals surface area contributed by atoms with Crippen LogP contribution in [0.25, 0.3) is 0 Å². The second-order valence-electron chi connectivity index (χ2n) is 5.71. The van der Waals surface area contributed by atoms with E-state index in [0.717, 1.165) is 24.0 Å². The van der Waals surface area contributed by atoms with Crippen LogP contribution in [0.1, 0.15) is 24.0 Å². The Morgan fingerprint density at radius 1 is 1.13 bits per heavy atom. The summed E-state index contributed by atoms with van der Waals surface area (Å²) in [7, 11) is 0. The fraction of sp³-hybridized carbons (Fsp3) is 0.294. The molecule has 0 unspecified atom stereocenters. The van der Waals surface area contributed by atoms with Gasteiger partial charge in [-0.25, -0.2) is 0 Å². The highest BCUT2D eigenvalue weighted by Gasteiger charge is 2.32. The van der Waals surface area contributed by atoms with Crippen molar-refractivity contribution in [1.29, 1.82) is 0 Å². The molecule has 1 aromatic heterocycles. The van der Waals surface area contributed by atoms with Gasteiger partial charge >= 0.3 is 0 Å². The number of pyridine rings is 1. The molecule has 6 nitrogen and oxygen atoms in total. The molecule has 23 heavy (non-hydrogen) atoms. The van der Waals surface area contributed by atoms with Gasteiger partial charge in [0, 0.05) is 37.1 Å². The molecule has 0 saturated heterocycles. The number of benzene rings is 1. The van der Waals surface area contributed by atoms with Gasteiger partial charge in [0.25, 0.3) is 5.69 Å². The van der Waals surface area contributed by atoms with E-state index in [9.17, 15) is 14.9 Å². The van der Waals surface area contributed by atoms with Gasteiger partial charge in [0.15, 0.2) is 0 Å². The highest BCUT2D eigenvalue weighted by atomic mass is 16.6. The van der Waals surface area contributed by atoms with Crippen LogP contribution >= 0.6 is 0 Å². The van der Waals surface area contributed by atoms with E-state index in [1.165, 1.54) is 12.1 Å². The maximum atomic E-state index is 12.6. The van der Waals surface area contributed by atoms with Crippen molar-refractivity contribution in [3.05, 3.63) is 70.0 Å². The van der Waals surface area contributed by atoms with Crippen molar-refractivity contribution < 1.29 is 9.72 Å². The SMILES string of the molecule is O=C(Cc1ccc([N+](=O)[O-])cc1)N(Cc1ccncc1)C1CC1. The lowest BCUT2D eigenvalue weighted by Gasteiger charge is -2.22. The van der Waals surface area contributed by atoms with Crippen LogP contribution in [0.15, 0.2) is 48.8 Å². The molecule has 3 rings (SSSR count). The van der Waals surface area contributed by atoms with Crippen molar-refractivity contribution in [2.24, 2.45) is 0 Å². The number of aromatic nitrogens is 1. The summed E-state index contributed by atoms with van der Waals surface area (Å²) in [6, 6.07) is 10.3. The van der Waals surface area contributed by atoms with Crippen molar-refractivity contribution in [1.82, 2.24) is 9.88 Å². The Morgan fingerprint density at radius 3 is 2.35 bits per heavy atom. The second kappa shape index (κ2) is 6.56. The van der Waals surface area contributed by atoms with Gasteiger partial charge in [-0.1, -0.05) is 12.1 Å². The van der Waals surface area contributed by atoms with Crippen molar-refractivity contribution in [2.75, 3.05) is 0 Å². The first-order valence-electron chi connectivity index (χ1n) is 7.55. The van der Waals surface area contributed by atoms with Crippen LogP contribution in [0.4, 0.5) is 5.69 Å². The molecule has 1 aliphatic rings. The number of carbonyl (C=O) groups is 1. The van der Waals surface area contributed by atoms with Gasteiger partial charge in [0.2, 0.25) is 5.91 Å². The number of amides is 1. The standard InChI is InChI=1S/C17H17N3O3/c21-17(11-13-1-3-16(4-2-13)20(22)23)19(15-5-6-15)12-14-7-9-18-10-8-14/h1-4,7-10,15H,5-6,11-12H2. The first-order valence-corrected chi connectivity index (χ1v) is 7.55. The first-order chi connectivity index (χ1) is 11.1. The Hall–Kier alpha value is -2.76. The van der Waals surface area contributed by atoms with Gasteiger partial charge in [-0.3, -0.25) is 19.9 Å². The molecular weight excluding hydrogens is 294 g/mol. The molecule has 118 valence electrons. The van der Waals surface area contributed by atoms with Crippen molar-refractivity contribution in [2.45, 2.75) is 31.8 Å². The lowest BCUT2D eigenvalue weighted by molar-refractivity contribution is -0.384. The summed E-state index contributed by atoms with van der Waals surface area (Å²) in [6.45, 7) is 0.582. The summed E-state index contributed by atoms with van der Waals surface area (Å²) in [5, 5.41) is 10.7. The minimum absolute atomic E-state index is 0.0389. The zero-order valence-corrected chi connectivity index (χ0v) is 12.6. The zero-order chi connectivity index (χ0) is 16.2. The largest absolute Gasteiger partial charge is 0.335 e. The number of hydrogen-bond acceptors (Lipinski definition) is 4. The van der Waals surface area contributed by atoms with Gasteiger partial charge in [-0.05, 0) is 36.1 Å². The summed E-state index contributed by atoms with van der Waals surface area (Å²) < 4.78 is 0. The van der Waals surface area contributed by atoms with Gasteiger partial charge in [0.1, 0.15) is 0 Å². The third kappa shape index (κ3) is 3.91. The number of nitro groups is 1. The molecule has 0 bridgehead atoms. The van der Waals surface area contributed by atoms with Gasteiger partial charge in [-0.2, -0.15) is 0 Å². The minimum Gasteiger partial charge on any atom is -0.335 e. The van der Waals surface area contributed by atoms with Gasteiger partial charge < -0.3 is 4.90 Å². The van der Waals surface area contributed by atoms with Crippen LogP contribution in [-0.4, -0.2) is 26.8 Å². The maximum absolute atomic E-state index is 12.6. The van der Waals surface area contributed by atoms with Crippen molar-refractivity contribution >= 4 is 11.6 Å². The molecule has 1 saturated carbocycles. The zero-order valence-electron chi connectivity index (χ0n) is 12.6. The summed E-state index contributed by atoms with van der Waals surface area (Å²) in [4.78, 5) is 28.7. The van der Waals surface area contributed by atoms with E-state index in [-0.39, 0.29) is 18.0 Å².